The molecule has 0 atom stereocenters. The van der Waals surface area contributed by atoms with Gasteiger partial charge in [-0.25, -0.2) is 4.98 Å². The van der Waals surface area contributed by atoms with Gasteiger partial charge >= 0.3 is 0 Å². The van der Waals surface area contributed by atoms with Crippen LogP contribution in [0, 0.1) is 0 Å². The molecule has 0 aliphatic carbocycles. The molecule has 7 heteroatoms. The molecule has 0 aliphatic rings. The van der Waals surface area contributed by atoms with Crippen LogP contribution in [0.25, 0.3) is 0 Å². The summed E-state index contributed by atoms with van der Waals surface area (Å²) in [4.78, 5) is 30.4. The standard InChI is InChI=1S/C15H16BrN3O2S/c1-2-4-11-8-13(20)19-15(18-11)22-9-14(21)17-12-6-3-5-10(16)7-12/h3,5-8H,2,4,9H2,1H3,(H,17,21)(H,18,19,20). The molecule has 1 amide bonds. The number of carbonyl (C=O) groups excluding carboxylic acids is 1. The highest BCUT2D eigenvalue weighted by molar-refractivity contribution is 9.10. The molecule has 22 heavy (non-hydrogen) atoms. The van der Waals surface area contributed by atoms with Crippen molar-refractivity contribution in [3.8, 4) is 0 Å². The molecule has 0 spiro atoms. The third-order valence-corrected chi connectivity index (χ3v) is 4.09. The first-order chi connectivity index (χ1) is 10.6. The molecule has 0 bridgehead atoms. The van der Waals surface area contributed by atoms with Crippen molar-refractivity contribution in [2.45, 2.75) is 24.9 Å². The lowest BCUT2D eigenvalue weighted by Crippen LogP contribution is -2.15. The highest BCUT2D eigenvalue weighted by Gasteiger charge is 2.07. The van der Waals surface area contributed by atoms with Crippen LogP contribution in [0.4, 0.5) is 5.69 Å². The van der Waals surface area contributed by atoms with E-state index in [2.05, 4.69) is 31.2 Å². The van der Waals surface area contributed by atoms with Gasteiger partial charge in [0.1, 0.15) is 0 Å². The van der Waals surface area contributed by atoms with Gasteiger partial charge in [0.25, 0.3) is 5.56 Å². The summed E-state index contributed by atoms with van der Waals surface area (Å²) in [5, 5.41) is 3.27. The van der Waals surface area contributed by atoms with Crippen LogP contribution < -0.4 is 10.9 Å². The van der Waals surface area contributed by atoms with Crippen LogP contribution in [-0.2, 0) is 11.2 Å². The van der Waals surface area contributed by atoms with Crippen molar-refractivity contribution in [3.05, 3.63) is 50.9 Å². The summed E-state index contributed by atoms with van der Waals surface area (Å²) in [6.07, 6.45) is 1.67. The van der Waals surface area contributed by atoms with Gasteiger partial charge in [-0.3, -0.25) is 9.59 Å². The molecule has 1 heterocycles. The number of halogens is 1. The van der Waals surface area contributed by atoms with Crippen molar-refractivity contribution in [3.63, 3.8) is 0 Å². The summed E-state index contributed by atoms with van der Waals surface area (Å²) in [5.74, 6) is 0.0389. The number of benzene rings is 1. The Morgan fingerprint density at radius 1 is 1.41 bits per heavy atom. The van der Waals surface area contributed by atoms with Gasteiger partial charge in [0.05, 0.1) is 5.75 Å². The number of anilines is 1. The molecule has 116 valence electrons. The van der Waals surface area contributed by atoms with Crippen LogP contribution >= 0.6 is 27.7 Å². The normalized spacial score (nSPS) is 10.5. The summed E-state index contributed by atoms with van der Waals surface area (Å²) in [5.41, 5.74) is 1.29. The number of nitrogens with zero attached hydrogens (tertiary/aromatic N) is 1. The fourth-order valence-corrected chi connectivity index (χ4v) is 2.93. The molecule has 1 aromatic carbocycles. The van der Waals surface area contributed by atoms with Crippen molar-refractivity contribution in [1.29, 1.82) is 0 Å². The lowest BCUT2D eigenvalue weighted by molar-refractivity contribution is -0.113. The largest absolute Gasteiger partial charge is 0.325 e. The molecule has 2 rings (SSSR count). The Balaban J connectivity index is 1.95. The maximum atomic E-state index is 11.9. The maximum absolute atomic E-state index is 11.9. The number of hydrogen-bond donors (Lipinski definition) is 2. The summed E-state index contributed by atoms with van der Waals surface area (Å²) in [6, 6.07) is 8.87. The zero-order chi connectivity index (χ0) is 15.9. The maximum Gasteiger partial charge on any atom is 0.251 e. The van der Waals surface area contributed by atoms with Gasteiger partial charge in [-0.15, -0.1) is 0 Å². The lowest BCUT2D eigenvalue weighted by atomic mass is 10.2. The number of aromatic amines is 1. The Hall–Kier alpha value is -1.60. The molecule has 0 radical (unpaired) electrons. The smallest absolute Gasteiger partial charge is 0.251 e. The monoisotopic (exact) mass is 381 g/mol. The Kier molecular flexibility index (Phi) is 6.21. The zero-order valence-corrected chi connectivity index (χ0v) is 14.5. The first-order valence-electron chi connectivity index (χ1n) is 6.85. The van der Waals surface area contributed by atoms with Gasteiger partial charge in [0.15, 0.2) is 5.16 Å². The van der Waals surface area contributed by atoms with Crippen molar-refractivity contribution < 1.29 is 4.79 Å². The number of aryl methyl sites for hydroxylation is 1. The summed E-state index contributed by atoms with van der Waals surface area (Å²) in [7, 11) is 0. The van der Waals surface area contributed by atoms with Crippen LogP contribution in [0.5, 0.6) is 0 Å². The molecule has 0 unspecified atom stereocenters. The second-order valence-electron chi connectivity index (χ2n) is 4.64. The minimum atomic E-state index is -0.187. The second-order valence-corrected chi connectivity index (χ2v) is 6.52. The van der Waals surface area contributed by atoms with Crippen molar-refractivity contribution >= 4 is 39.3 Å². The van der Waals surface area contributed by atoms with E-state index < -0.39 is 0 Å². The third-order valence-electron chi connectivity index (χ3n) is 2.73. The molecule has 2 N–H and O–H groups in total. The Labute approximate surface area is 141 Å². The highest BCUT2D eigenvalue weighted by Crippen LogP contribution is 2.17. The van der Waals surface area contributed by atoms with Crippen molar-refractivity contribution in [1.82, 2.24) is 9.97 Å². The number of aromatic nitrogens is 2. The molecule has 0 fully saturated rings. The molecular formula is C15H16BrN3O2S. The Bertz CT molecular complexity index is 718. The molecular weight excluding hydrogens is 366 g/mol. The molecule has 2 aromatic rings. The van der Waals surface area contributed by atoms with E-state index in [0.29, 0.717) is 5.16 Å². The van der Waals surface area contributed by atoms with Crippen LogP contribution in [0.15, 0.2) is 44.8 Å². The van der Waals surface area contributed by atoms with E-state index in [1.807, 2.05) is 31.2 Å². The van der Waals surface area contributed by atoms with Crippen LogP contribution in [0.1, 0.15) is 19.0 Å². The average molecular weight is 382 g/mol. The molecule has 0 saturated carbocycles. The Morgan fingerprint density at radius 2 is 2.23 bits per heavy atom. The van der Waals surface area contributed by atoms with Gasteiger partial charge < -0.3 is 10.3 Å². The van der Waals surface area contributed by atoms with Crippen LogP contribution in [0.3, 0.4) is 0 Å². The fourth-order valence-electron chi connectivity index (χ4n) is 1.83. The number of carbonyl (C=O) groups is 1. The van der Waals surface area contributed by atoms with Gasteiger partial charge in [-0.05, 0) is 24.6 Å². The average Bonchev–Trinajstić information content (AvgIpc) is 2.45. The summed E-state index contributed by atoms with van der Waals surface area (Å²) < 4.78 is 0.899. The van der Waals surface area contributed by atoms with Crippen LogP contribution in [-0.4, -0.2) is 21.6 Å². The Morgan fingerprint density at radius 3 is 2.95 bits per heavy atom. The fraction of sp³-hybridized carbons (Fsp3) is 0.267. The van der Waals surface area contributed by atoms with E-state index in [4.69, 9.17) is 0 Å². The van der Waals surface area contributed by atoms with Gasteiger partial charge in [0.2, 0.25) is 5.91 Å². The van der Waals surface area contributed by atoms with Gasteiger partial charge in [0, 0.05) is 21.9 Å². The van der Waals surface area contributed by atoms with Crippen LogP contribution in [0.2, 0.25) is 0 Å². The van der Waals surface area contributed by atoms with E-state index in [0.717, 1.165) is 28.7 Å². The van der Waals surface area contributed by atoms with E-state index in [9.17, 15) is 9.59 Å². The van der Waals surface area contributed by atoms with E-state index >= 15 is 0 Å². The van der Waals surface area contributed by atoms with Gasteiger partial charge in [-0.2, -0.15) is 0 Å². The van der Waals surface area contributed by atoms with Gasteiger partial charge in [-0.1, -0.05) is 47.1 Å². The summed E-state index contributed by atoms with van der Waals surface area (Å²) >= 11 is 4.57. The predicted octanol–water partition coefficient (Wildman–Crippen LogP) is 3.22. The van der Waals surface area contributed by atoms with E-state index in [-0.39, 0.29) is 17.2 Å². The minimum Gasteiger partial charge on any atom is -0.325 e. The predicted molar refractivity (Wildman–Crippen MR) is 92.3 cm³/mol. The quantitative estimate of drug-likeness (QED) is 0.594. The first-order valence-corrected chi connectivity index (χ1v) is 8.63. The van der Waals surface area contributed by atoms with Crippen molar-refractivity contribution in [2.75, 3.05) is 11.1 Å². The minimum absolute atomic E-state index is 0.147. The SMILES string of the molecule is CCCc1cc(=O)[nH]c(SCC(=O)Nc2cccc(Br)c2)n1. The van der Waals surface area contributed by atoms with E-state index in [1.165, 1.54) is 17.8 Å². The van der Waals surface area contributed by atoms with Crippen molar-refractivity contribution in [2.24, 2.45) is 0 Å². The number of rotatable bonds is 6. The number of H-pyrrole nitrogens is 1. The molecule has 5 nitrogen and oxygen atoms in total. The number of nitrogens with one attached hydrogen (secondary N) is 2. The lowest BCUT2D eigenvalue weighted by Gasteiger charge is -2.06. The summed E-state index contributed by atoms with van der Waals surface area (Å²) in [6.45, 7) is 2.03. The third kappa shape index (κ3) is 5.31. The second kappa shape index (κ2) is 8.14. The first kappa shape index (κ1) is 16.8. The number of thioether (sulfide) groups is 1. The zero-order valence-electron chi connectivity index (χ0n) is 12.1. The molecule has 0 aliphatic heterocycles. The highest BCUT2D eigenvalue weighted by atomic mass is 79.9. The van der Waals surface area contributed by atoms with E-state index in [1.54, 1.807) is 0 Å². The topological polar surface area (TPSA) is 74.8 Å². The number of hydrogen-bond acceptors (Lipinski definition) is 4. The molecule has 1 aromatic heterocycles. The molecule has 0 saturated heterocycles. The number of amides is 1.